The van der Waals surface area contributed by atoms with Gasteiger partial charge in [-0.1, -0.05) is 18.7 Å². The molecule has 13 heavy (non-hydrogen) atoms. The third kappa shape index (κ3) is 1.39. The highest BCUT2D eigenvalue weighted by Gasteiger charge is 2.39. The zero-order chi connectivity index (χ0) is 9.42. The van der Waals surface area contributed by atoms with E-state index >= 15 is 0 Å². The molecule has 1 aliphatic carbocycles. The van der Waals surface area contributed by atoms with Crippen LogP contribution in [0.5, 0.6) is 0 Å². The Kier molecular flexibility index (Phi) is 2.15. The summed E-state index contributed by atoms with van der Waals surface area (Å²) in [4.78, 5) is 24.3. The molecule has 70 valence electrons. The third-order valence-electron chi connectivity index (χ3n) is 2.40. The summed E-state index contributed by atoms with van der Waals surface area (Å²) in [5, 5.41) is 0.0787. The first kappa shape index (κ1) is 8.81. The minimum atomic E-state index is 0.0787. The summed E-state index contributed by atoms with van der Waals surface area (Å²) in [5.74, 6) is 1.01. The fourth-order valence-corrected chi connectivity index (χ4v) is 2.38. The van der Waals surface area contributed by atoms with Crippen molar-refractivity contribution in [3.63, 3.8) is 0 Å². The molecule has 1 atom stereocenters. The molecule has 0 aromatic carbocycles. The van der Waals surface area contributed by atoms with E-state index in [0.717, 1.165) is 17.7 Å². The second kappa shape index (κ2) is 3.18. The number of thioether (sulfide) groups is 1. The molecule has 1 unspecified atom stereocenters. The number of rotatable bonds is 1. The van der Waals surface area contributed by atoms with Gasteiger partial charge in [0.25, 0.3) is 5.24 Å². The molecule has 2 bridgehead atoms. The van der Waals surface area contributed by atoms with Crippen molar-refractivity contribution >= 4 is 22.8 Å². The molecular weight excluding hydrogens is 186 g/mol. The molecule has 2 aliphatic rings. The van der Waals surface area contributed by atoms with Gasteiger partial charge in [-0.15, -0.1) is 0 Å². The molecule has 0 N–H and O–H groups in total. The topological polar surface area (TPSA) is 37.4 Å². The lowest BCUT2D eigenvalue weighted by Gasteiger charge is -2.21. The van der Waals surface area contributed by atoms with Gasteiger partial charge in [-0.3, -0.25) is 9.59 Å². The molecule has 2 rings (SSSR count). The molecule has 1 fully saturated rings. The third-order valence-corrected chi connectivity index (χ3v) is 3.15. The number of nitrogens with zero attached hydrogens (tertiary/aromatic N) is 1. The van der Waals surface area contributed by atoms with Crippen LogP contribution in [0.1, 0.15) is 19.8 Å². The van der Waals surface area contributed by atoms with Crippen LogP contribution in [0.15, 0.2) is 11.8 Å². The Balaban J connectivity index is 2.09. The highest BCUT2D eigenvalue weighted by Crippen LogP contribution is 2.35. The summed E-state index contributed by atoms with van der Waals surface area (Å²) in [6, 6.07) is 0.133. The molecule has 4 heteroatoms. The van der Waals surface area contributed by atoms with Gasteiger partial charge in [0.2, 0.25) is 0 Å². The Labute approximate surface area is 81.2 Å². The van der Waals surface area contributed by atoms with Gasteiger partial charge < -0.3 is 4.90 Å². The van der Waals surface area contributed by atoms with E-state index in [9.17, 15) is 9.59 Å². The first-order valence-corrected chi connectivity index (χ1v) is 5.40. The maximum Gasteiger partial charge on any atom is 0.285 e. The van der Waals surface area contributed by atoms with Crippen molar-refractivity contribution in [1.82, 2.24) is 4.90 Å². The Morgan fingerprint density at radius 3 is 2.92 bits per heavy atom. The summed E-state index contributed by atoms with van der Waals surface area (Å²) in [6.45, 7) is 1.95. The van der Waals surface area contributed by atoms with Gasteiger partial charge >= 0.3 is 0 Å². The first-order valence-electron chi connectivity index (χ1n) is 4.41. The normalized spacial score (nSPS) is 25.3. The van der Waals surface area contributed by atoms with E-state index in [1.54, 1.807) is 11.1 Å². The van der Waals surface area contributed by atoms with Crippen LogP contribution >= 0.6 is 11.8 Å². The molecule has 1 amide bonds. The van der Waals surface area contributed by atoms with E-state index in [0.29, 0.717) is 6.42 Å². The average Bonchev–Trinajstić information content (AvgIpc) is 2.62. The van der Waals surface area contributed by atoms with Crippen LogP contribution in [0, 0.1) is 0 Å². The standard InChI is InChI=1S/C9H11NO2S/c1-2-13-9(12)10-5-6-3-7(10)4-8(6)11/h5,7H,2-4H2,1H3. The Bertz CT molecular complexity index is 296. The summed E-state index contributed by atoms with van der Waals surface area (Å²) in [7, 11) is 0. The number of amides is 1. The number of carbonyl (C=O) groups is 2. The lowest BCUT2D eigenvalue weighted by molar-refractivity contribution is -0.115. The molecule has 1 aliphatic heterocycles. The first-order chi connectivity index (χ1) is 6.22. The molecule has 0 saturated heterocycles. The van der Waals surface area contributed by atoms with E-state index in [1.165, 1.54) is 11.8 Å². The lowest BCUT2D eigenvalue weighted by atomic mass is 10.2. The summed E-state index contributed by atoms with van der Waals surface area (Å²) < 4.78 is 0. The minimum absolute atomic E-state index is 0.0787. The van der Waals surface area contributed by atoms with Crippen molar-refractivity contribution in [2.24, 2.45) is 0 Å². The maximum atomic E-state index is 11.5. The number of ketones is 1. The molecule has 0 aromatic heterocycles. The van der Waals surface area contributed by atoms with Gasteiger partial charge in [-0.2, -0.15) is 0 Å². The largest absolute Gasteiger partial charge is 0.306 e. The molecule has 0 spiro atoms. The molecule has 0 aromatic rings. The summed E-state index contributed by atoms with van der Waals surface area (Å²) >= 11 is 1.30. The van der Waals surface area contributed by atoms with E-state index in [2.05, 4.69) is 0 Å². The lowest BCUT2D eigenvalue weighted by Crippen LogP contribution is -2.31. The van der Waals surface area contributed by atoms with Crippen LogP contribution in [0.4, 0.5) is 4.79 Å². The van der Waals surface area contributed by atoms with Crippen molar-refractivity contribution in [3.05, 3.63) is 11.8 Å². The fraction of sp³-hybridized carbons (Fsp3) is 0.556. The Morgan fingerprint density at radius 2 is 2.46 bits per heavy atom. The smallest absolute Gasteiger partial charge is 0.285 e. The quantitative estimate of drug-likeness (QED) is 0.643. The minimum Gasteiger partial charge on any atom is -0.306 e. The molecular formula is C9H11NO2S. The van der Waals surface area contributed by atoms with Gasteiger partial charge in [0.15, 0.2) is 5.78 Å². The molecule has 1 heterocycles. The Morgan fingerprint density at radius 1 is 1.69 bits per heavy atom. The van der Waals surface area contributed by atoms with Gasteiger partial charge in [-0.25, -0.2) is 0 Å². The van der Waals surface area contributed by atoms with E-state index in [-0.39, 0.29) is 17.1 Å². The summed E-state index contributed by atoms with van der Waals surface area (Å²) in [5.41, 5.74) is 0.829. The number of hydrogen-bond acceptors (Lipinski definition) is 3. The predicted molar refractivity (Wildman–Crippen MR) is 51.5 cm³/mol. The van der Waals surface area contributed by atoms with E-state index in [1.807, 2.05) is 6.92 Å². The molecule has 0 radical (unpaired) electrons. The second-order valence-corrected chi connectivity index (χ2v) is 4.46. The molecule has 3 nitrogen and oxygen atoms in total. The van der Waals surface area contributed by atoms with Crippen LogP contribution in [0.3, 0.4) is 0 Å². The molecule has 1 saturated carbocycles. The Hall–Kier alpha value is -0.770. The van der Waals surface area contributed by atoms with E-state index in [4.69, 9.17) is 0 Å². The van der Waals surface area contributed by atoms with Gasteiger partial charge in [0, 0.05) is 24.2 Å². The highest BCUT2D eigenvalue weighted by molar-refractivity contribution is 8.13. The van der Waals surface area contributed by atoms with Crippen molar-refractivity contribution in [2.45, 2.75) is 25.8 Å². The number of Topliss-reactive ketones (excluding diaryl/α,β-unsaturated/α-hetero) is 1. The predicted octanol–water partition coefficient (Wildman–Crippen LogP) is 1.79. The van der Waals surface area contributed by atoms with Crippen LogP contribution in [0.25, 0.3) is 0 Å². The number of carbonyl (C=O) groups excluding carboxylic acids is 2. The second-order valence-electron chi connectivity index (χ2n) is 3.25. The van der Waals surface area contributed by atoms with Crippen molar-refractivity contribution in [1.29, 1.82) is 0 Å². The van der Waals surface area contributed by atoms with Gasteiger partial charge in [-0.05, 0) is 12.2 Å². The van der Waals surface area contributed by atoms with Crippen LogP contribution in [-0.4, -0.2) is 27.7 Å². The number of fused-ring (bicyclic) bond motifs is 2. The number of hydrogen-bond donors (Lipinski definition) is 0. The van der Waals surface area contributed by atoms with Crippen LogP contribution in [-0.2, 0) is 4.79 Å². The van der Waals surface area contributed by atoms with Crippen molar-refractivity contribution in [3.8, 4) is 0 Å². The van der Waals surface area contributed by atoms with Crippen molar-refractivity contribution in [2.75, 3.05) is 5.75 Å². The average molecular weight is 197 g/mol. The monoisotopic (exact) mass is 197 g/mol. The highest BCUT2D eigenvalue weighted by atomic mass is 32.2. The maximum absolute atomic E-state index is 11.5. The van der Waals surface area contributed by atoms with Crippen molar-refractivity contribution < 1.29 is 9.59 Å². The fourth-order valence-electron chi connectivity index (χ4n) is 1.78. The zero-order valence-corrected chi connectivity index (χ0v) is 8.26. The summed E-state index contributed by atoms with van der Waals surface area (Å²) in [6.07, 6.45) is 3.03. The van der Waals surface area contributed by atoms with Crippen LogP contribution < -0.4 is 0 Å². The van der Waals surface area contributed by atoms with Gasteiger partial charge in [0.1, 0.15) is 0 Å². The zero-order valence-electron chi connectivity index (χ0n) is 7.45. The van der Waals surface area contributed by atoms with E-state index < -0.39 is 0 Å². The SMILES string of the molecule is CCSC(=O)N1C=C2CC1CC2=O. The van der Waals surface area contributed by atoms with Crippen LogP contribution in [0.2, 0.25) is 0 Å². The van der Waals surface area contributed by atoms with Gasteiger partial charge in [0.05, 0.1) is 0 Å².